The third kappa shape index (κ3) is 6.07. The van der Waals surface area contributed by atoms with Crippen molar-refractivity contribution in [3.05, 3.63) is 47.7 Å². The summed E-state index contributed by atoms with van der Waals surface area (Å²) in [6.07, 6.45) is 6.08. The predicted octanol–water partition coefficient (Wildman–Crippen LogP) is 3.06. The Kier molecular flexibility index (Phi) is 7.87. The van der Waals surface area contributed by atoms with E-state index in [2.05, 4.69) is 26.1 Å². The summed E-state index contributed by atoms with van der Waals surface area (Å²) in [6.45, 7) is 0.394. The maximum atomic E-state index is 13.4. The van der Waals surface area contributed by atoms with Crippen LogP contribution in [0.1, 0.15) is 72.7 Å². The second-order valence-electron chi connectivity index (χ2n) is 10.5. The molecule has 0 radical (unpaired) electrons. The van der Waals surface area contributed by atoms with Crippen LogP contribution in [0.4, 0.5) is 13.2 Å². The van der Waals surface area contributed by atoms with Crippen molar-refractivity contribution in [2.75, 3.05) is 6.54 Å². The minimum absolute atomic E-state index is 0.0244. The molecule has 2 amide bonds. The first-order valence-electron chi connectivity index (χ1n) is 13.4. The summed E-state index contributed by atoms with van der Waals surface area (Å²) < 4.78 is 43.3. The number of fused-ring (bicyclic) bond motifs is 1. The van der Waals surface area contributed by atoms with Gasteiger partial charge in [0.1, 0.15) is 5.69 Å². The van der Waals surface area contributed by atoms with Crippen molar-refractivity contribution in [2.24, 2.45) is 18.9 Å². The standard InChI is InChI=1S/C26H33F3N8O2/c1-36-20(9-11-32-36)24(38)35-22(17-6-3-2-4-7-17)19-15-37-21(34-19)12-16(14-33-37)13-31-25(39)23-18(26(27,28)29)8-5-10-30-23/h9,11-12,14-15,17-18,22-23,30H,2-8,10,13H2,1H3,(H,31,39)(H,35,38)/t18?,22-,23?/m0/s1. The van der Waals surface area contributed by atoms with Crippen LogP contribution in [0.5, 0.6) is 0 Å². The lowest BCUT2D eigenvalue weighted by Crippen LogP contribution is -2.55. The molecule has 1 saturated heterocycles. The molecule has 4 heterocycles. The first-order valence-corrected chi connectivity index (χ1v) is 13.4. The van der Waals surface area contributed by atoms with E-state index in [0.29, 0.717) is 35.6 Å². The summed E-state index contributed by atoms with van der Waals surface area (Å²) >= 11 is 0. The molecule has 1 aliphatic carbocycles. The number of hydrogen-bond donors (Lipinski definition) is 3. The number of aryl methyl sites for hydroxylation is 1. The van der Waals surface area contributed by atoms with E-state index in [0.717, 1.165) is 25.7 Å². The molecule has 1 aliphatic heterocycles. The smallest absolute Gasteiger partial charge is 0.351 e. The van der Waals surface area contributed by atoms with Crippen molar-refractivity contribution in [3.63, 3.8) is 0 Å². The fourth-order valence-electron chi connectivity index (χ4n) is 5.71. The molecule has 2 fully saturated rings. The maximum absolute atomic E-state index is 13.4. The molecule has 5 rings (SSSR count). The lowest BCUT2D eigenvalue weighted by molar-refractivity contribution is -0.190. The number of halogens is 3. The lowest BCUT2D eigenvalue weighted by Gasteiger charge is -2.32. The summed E-state index contributed by atoms with van der Waals surface area (Å²) in [5, 5.41) is 17.0. The van der Waals surface area contributed by atoms with Gasteiger partial charge in [0, 0.05) is 19.8 Å². The summed E-state index contributed by atoms with van der Waals surface area (Å²) in [5.74, 6) is -2.40. The lowest BCUT2D eigenvalue weighted by atomic mass is 9.82. The third-order valence-electron chi connectivity index (χ3n) is 7.80. The van der Waals surface area contributed by atoms with Crippen LogP contribution in [-0.4, -0.2) is 55.0 Å². The molecule has 39 heavy (non-hydrogen) atoms. The van der Waals surface area contributed by atoms with Gasteiger partial charge in [-0.05, 0) is 55.8 Å². The maximum Gasteiger partial charge on any atom is 0.393 e. The molecular formula is C26H33F3N8O2. The average molecular weight is 547 g/mol. The fraction of sp³-hybridized carbons (Fsp3) is 0.577. The molecule has 10 nitrogen and oxygen atoms in total. The summed E-state index contributed by atoms with van der Waals surface area (Å²) in [4.78, 5) is 30.4. The number of alkyl halides is 3. The molecule has 13 heteroatoms. The van der Waals surface area contributed by atoms with E-state index in [1.807, 2.05) is 0 Å². The fourth-order valence-corrected chi connectivity index (χ4v) is 5.71. The molecule has 210 valence electrons. The van der Waals surface area contributed by atoms with Crippen LogP contribution in [0.2, 0.25) is 0 Å². The second kappa shape index (κ2) is 11.3. The number of imidazole rings is 1. The zero-order valence-electron chi connectivity index (χ0n) is 21.7. The zero-order valence-corrected chi connectivity index (χ0v) is 21.7. The van der Waals surface area contributed by atoms with E-state index in [4.69, 9.17) is 4.98 Å². The van der Waals surface area contributed by atoms with Crippen LogP contribution in [0, 0.1) is 11.8 Å². The molecule has 0 aromatic carbocycles. The number of rotatable bonds is 7. The molecular weight excluding hydrogens is 513 g/mol. The Morgan fingerprint density at radius 2 is 1.95 bits per heavy atom. The molecule has 3 atom stereocenters. The van der Waals surface area contributed by atoms with Gasteiger partial charge in [-0.3, -0.25) is 14.3 Å². The Morgan fingerprint density at radius 1 is 1.15 bits per heavy atom. The zero-order chi connectivity index (χ0) is 27.6. The van der Waals surface area contributed by atoms with Gasteiger partial charge in [0.2, 0.25) is 5.91 Å². The average Bonchev–Trinajstić information content (AvgIpc) is 3.56. The van der Waals surface area contributed by atoms with E-state index in [1.54, 1.807) is 42.3 Å². The highest BCUT2D eigenvalue weighted by atomic mass is 19.4. The number of nitrogens with one attached hydrogen (secondary N) is 3. The minimum Gasteiger partial charge on any atom is -0.351 e. The predicted molar refractivity (Wildman–Crippen MR) is 135 cm³/mol. The van der Waals surface area contributed by atoms with Crippen LogP contribution < -0.4 is 16.0 Å². The Balaban J connectivity index is 1.31. The van der Waals surface area contributed by atoms with Crippen molar-refractivity contribution < 1.29 is 22.8 Å². The summed E-state index contributed by atoms with van der Waals surface area (Å²) in [7, 11) is 1.72. The Morgan fingerprint density at radius 3 is 2.67 bits per heavy atom. The highest BCUT2D eigenvalue weighted by Gasteiger charge is 2.48. The highest BCUT2D eigenvalue weighted by molar-refractivity contribution is 5.92. The van der Waals surface area contributed by atoms with Crippen LogP contribution in [0.15, 0.2) is 30.7 Å². The van der Waals surface area contributed by atoms with Crippen molar-refractivity contribution in [3.8, 4) is 0 Å². The van der Waals surface area contributed by atoms with E-state index in [-0.39, 0.29) is 30.8 Å². The SMILES string of the molecule is Cn1nccc1C(=O)N[C@H](c1cn2ncc(CNC(=O)C3NCCCC3C(F)(F)F)cc2n1)C1CCCCC1. The van der Waals surface area contributed by atoms with Gasteiger partial charge in [-0.25, -0.2) is 9.50 Å². The van der Waals surface area contributed by atoms with Gasteiger partial charge in [0.05, 0.1) is 36.1 Å². The Labute approximate surface area is 223 Å². The van der Waals surface area contributed by atoms with Gasteiger partial charge in [0.15, 0.2) is 5.65 Å². The molecule has 0 spiro atoms. The monoisotopic (exact) mass is 546 g/mol. The van der Waals surface area contributed by atoms with E-state index < -0.39 is 24.0 Å². The summed E-state index contributed by atoms with van der Waals surface area (Å²) in [5.41, 5.74) is 2.28. The second-order valence-corrected chi connectivity index (χ2v) is 10.5. The van der Waals surface area contributed by atoms with Gasteiger partial charge in [0.25, 0.3) is 5.91 Å². The van der Waals surface area contributed by atoms with E-state index in [9.17, 15) is 22.8 Å². The quantitative estimate of drug-likeness (QED) is 0.419. The van der Waals surface area contributed by atoms with Crippen LogP contribution in [0.25, 0.3) is 5.65 Å². The van der Waals surface area contributed by atoms with Gasteiger partial charge in [-0.15, -0.1) is 0 Å². The minimum atomic E-state index is -4.44. The van der Waals surface area contributed by atoms with Gasteiger partial charge in [-0.1, -0.05) is 19.3 Å². The van der Waals surface area contributed by atoms with E-state index >= 15 is 0 Å². The largest absolute Gasteiger partial charge is 0.393 e. The molecule has 2 unspecified atom stereocenters. The van der Waals surface area contributed by atoms with Crippen LogP contribution >= 0.6 is 0 Å². The van der Waals surface area contributed by atoms with E-state index in [1.165, 1.54) is 11.1 Å². The highest BCUT2D eigenvalue weighted by Crippen LogP contribution is 2.35. The Bertz CT molecular complexity index is 1310. The number of amides is 2. The van der Waals surface area contributed by atoms with Crippen molar-refractivity contribution in [1.82, 2.24) is 40.3 Å². The first kappa shape index (κ1) is 27.1. The van der Waals surface area contributed by atoms with Crippen molar-refractivity contribution >= 4 is 17.5 Å². The number of hydrogen-bond acceptors (Lipinski definition) is 6. The number of carbonyl (C=O) groups is 2. The van der Waals surface area contributed by atoms with Crippen LogP contribution in [0.3, 0.4) is 0 Å². The normalized spacial score (nSPS) is 21.5. The summed E-state index contributed by atoms with van der Waals surface area (Å²) in [6, 6.07) is 1.79. The van der Waals surface area contributed by atoms with Gasteiger partial charge in [-0.2, -0.15) is 23.4 Å². The molecule has 1 saturated carbocycles. The number of aromatic nitrogens is 5. The number of piperidine rings is 1. The molecule has 3 N–H and O–H groups in total. The Hall–Kier alpha value is -3.48. The van der Waals surface area contributed by atoms with Crippen LogP contribution in [-0.2, 0) is 18.4 Å². The van der Waals surface area contributed by atoms with Crippen molar-refractivity contribution in [1.29, 1.82) is 0 Å². The molecule has 0 bridgehead atoms. The van der Waals surface area contributed by atoms with Gasteiger partial charge < -0.3 is 16.0 Å². The molecule has 3 aromatic rings. The number of carbonyl (C=O) groups excluding carboxylic acids is 2. The van der Waals surface area contributed by atoms with Gasteiger partial charge >= 0.3 is 6.18 Å². The topological polar surface area (TPSA) is 118 Å². The number of nitrogens with zero attached hydrogens (tertiary/aromatic N) is 5. The first-order chi connectivity index (χ1) is 18.7. The molecule has 3 aromatic heterocycles. The third-order valence-corrected chi connectivity index (χ3v) is 7.80. The van der Waals surface area contributed by atoms with Crippen molar-refractivity contribution in [2.45, 2.75) is 69.8 Å². The molecule has 2 aliphatic rings.